The highest BCUT2D eigenvalue weighted by Crippen LogP contribution is 2.49. The van der Waals surface area contributed by atoms with Crippen molar-refractivity contribution < 1.29 is 0 Å². The molecular weight excluding hydrogens is 288 g/mol. The second-order valence-corrected chi connectivity index (χ2v) is 10.6. The highest BCUT2D eigenvalue weighted by molar-refractivity contribution is 4.89. The first-order chi connectivity index (χ1) is 11.6. The summed E-state index contributed by atoms with van der Waals surface area (Å²) >= 11 is 0. The van der Waals surface area contributed by atoms with E-state index in [-0.39, 0.29) is 0 Å². The van der Waals surface area contributed by atoms with Crippen molar-refractivity contribution in [1.29, 1.82) is 0 Å². The Bertz CT molecular complexity index is 360. The van der Waals surface area contributed by atoms with Gasteiger partial charge in [-0.05, 0) is 60.7 Å². The molecule has 24 heavy (non-hydrogen) atoms. The summed E-state index contributed by atoms with van der Waals surface area (Å²) in [5.74, 6) is 5.18. The molecule has 0 N–H and O–H groups in total. The quantitative estimate of drug-likeness (QED) is 0.457. The van der Waals surface area contributed by atoms with E-state index in [1.165, 1.54) is 77.0 Å². The smallest absolute Gasteiger partial charge is 0.0323 e. The monoisotopic (exact) mass is 332 g/mol. The van der Waals surface area contributed by atoms with Gasteiger partial charge in [-0.15, -0.1) is 0 Å². The third-order valence-corrected chi connectivity index (χ3v) is 8.39. The van der Waals surface area contributed by atoms with Crippen LogP contribution in [0, 0.1) is 35.0 Å². The van der Waals surface area contributed by atoms with E-state index in [9.17, 15) is 0 Å². The van der Waals surface area contributed by atoms with Gasteiger partial charge in [0.15, 0.2) is 0 Å². The molecule has 0 amide bonds. The van der Waals surface area contributed by atoms with Crippen molar-refractivity contribution >= 4 is 0 Å². The molecule has 0 aromatic carbocycles. The predicted octanol–water partition coefficient (Wildman–Crippen LogP) is 8.01. The van der Waals surface area contributed by atoms with Crippen molar-refractivity contribution in [3.8, 4) is 0 Å². The van der Waals surface area contributed by atoms with Gasteiger partial charge in [-0.2, -0.15) is 0 Å². The van der Waals surface area contributed by atoms with Crippen molar-refractivity contribution in [2.75, 3.05) is 0 Å². The average molecular weight is 333 g/mol. The van der Waals surface area contributed by atoms with E-state index in [2.05, 4.69) is 20.8 Å². The van der Waals surface area contributed by atoms with Gasteiger partial charge in [-0.3, -0.25) is 0 Å². The van der Waals surface area contributed by atoms with Gasteiger partial charge in [0.05, 0.1) is 0 Å². The molecule has 3 fully saturated rings. The van der Waals surface area contributed by atoms with E-state index < -0.39 is 0 Å². The van der Waals surface area contributed by atoms with Crippen molar-refractivity contribution in [1.82, 2.24) is 0 Å². The standard InChI is InChI=1S/C24H44/c1-19-11-8-9-16-23(19)21-14-10-15-22(17-21)24(2,3)18-20-12-6-4-5-7-13-20/h19-23H,4-18H2,1-3H3. The molecule has 0 radical (unpaired) electrons. The van der Waals surface area contributed by atoms with E-state index in [1.807, 2.05) is 0 Å². The molecule has 3 aliphatic rings. The minimum atomic E-state index is 0.589. The van der Waals surface area contributed by atoms with Crippen LogP contribution in [0.5, 0.6) is 0 Å². The molecule has 4 atom stereocenters. The van der Waals surface area contributed by atoms with Crippen molar-refractivity contribution in [3.63, 3.8) is 0 Å². The van der Waals surface area contributed by atoms with E-state index in [0.29, 0.717) is 5.41 Å². The molecule has 0 aromatic heterocycles. The fraction of sp³-hybridized carbons (Fsp3) is 1.00. The second-order valence-electron chi connectivity index (χ2n) is 10.6. The molecule has 0 saturated heterocycles. The van der Waals surface area contributed by atoms with E-state index >= 15 is 0 Å². The first kappa shape index (κ1) is 18.8. The summed E-state index contributed by atoms with van der Waals surface area (Å²) < 4.78 is 0. The third kappa shape index (κ3) is 4.79. The molecule has 0 aromatic rings. The molecule has 0 aliphatic heterocycles. The lowest BCUT2D eigenvalue weighted by Crippen LogP contribution is -2.35. The van der Waals surface area contributed by atoms with Crippen LogP contribution in [0.4, 0.5) is 0 Å². The minimum absolute atomic E-state index is 0.589. The van der Waals surface area contributed by atoms with E-state index in [0.717, 1.165) is 29.6 Å². The maximum atomic E-state index is 2.63. The van der Waals surface area contributed by atoms with Crippen LogP contribution in [0.1, 0.15) is 117 Å². The van der Waals surface area contributed by atoms with E-state index in [1.54, 1.807) is 19.3 Å². The zero-order valence-corrected chi connectivity index (χ0v) is 17.0. The zero-order chi connectivity index (χ0) is 17.0. The Hall–Kier alpha value is 0. The fourth-order valence-corrected chi connectivity index (χ4v) is 6.85. The van der Waals surface area contributed by atoms with Gasteiger partial charge >= 0.3 is 0 Å². The molecular formula is C24H44. The van der Waals surface area contributed by atoms with Gasteiger partial charge < -0.3 is 0 Å². The molecule has 3 rings (SSSR count). The highest BCUT2D eigenvalue weighted by atomic mass is 14.4. The molecule has 4 unspecified atom stereocenters. The Morgan fingerprint density at radius 2 is 1.38 bits per heavy atom. The van der Waals surface area contributed by atoms with Crippen molar-refractivity contribution in [3.05, 3.63) is 0 Å². The van der Waals surface area contributed by atoms with Crippen LogP contribution in [0.2, 0.25) is 0 Å². The SMILES string of the molecule is CC1CCCCC1C1CCCC(C(C)(C)CC2CCCCCC2)C1. The Balaban J connectivity index is 1.57. The largest absolute Gasteiger partial charge is 0.0622 e. The van der Waals surface area contributed by atoms with Crippen LogP contribution in [0.3, 0.4) is 0 Å². The van der Waals surface area contributed by atoms with Gasteiger partial charge in [0.25, 0.3) is 0 Å². The van der Waals surface area contributed by atoms with Crippen LogP contribution in [0.25, 0.3) is 0 Å². The Morgan fingerprint density at radius 1 is 0.708 bits per heavy atom. The van der Waals surface area contributed by atoms with Gasteiger partial charge in [0.2, 0.25) is 0 Å². The van der Waals surface area contributed by atoms with Crippen molar-refractivity contribution in [2.45, 2.75) is 117 Å². The summed E-state index contributed by atoms with van der Waals surface area (Å²) in [5, 5.41) is 0. The Kier molecular flexibility index (Phi) is 6.72. The molecule has 0 spiro atoms. The zero-order valence-electron chi connectivity index (χ0n) is 17.0. The van der Waals surface area contributed by atoms with Crippen LogP contribution in [-0.2, 0) is 0 Å². The summed E-state index contributed by atoms with van der Waals surface area (Å²) in [5.41, 5.74) is 0.589. The topological polar surface area (TPSA) is 0 Å². The van der Waals surface area contributed by atoms with Crippen LogP contribution >= 0.6 is 0 Å². The highest BCUT2D eigenvalue weighted by Gasteiger charge is 2.39. The molecule has 3 aliphatic carbocycles. The van der Waals surface area contributed by atoms with Gasteiger partial charge in [0.1, 0.15) is 0 Å². The number of hydrogen-bond acceptors (Lipinski definition) is 0. The molecule has 0 heteroatoms. The first-order valence-electron chi connectivity index (χ1n) is 11.6. The first-order valence-corrected chi connectivity index (χ1v) is 11.6. The lowest BCUT2D eigenvalue weighted by molar-refractivity contribution is 0.0510. The predicted molar refractivity (Wildman–Crippen MR) is 106 cm³/mol. The van der Waals surface area contributed by atoms with Crippen LogP contribution in [-0.4, -0.2) is 0 Å². The summed E-state index contributed by atoms with van der Waals surface area (Å²) in [6.07, 6.45) is 22.8. The van der Waals surface area contributed by atoms with Gasteiger partial charge in [-0.1, -0.05) is 91.4 Å². The second kappa shape index (κ2) is 8.59. The lowest BCUT2D eigenvalue weighted by Gasteiger charge is -2.45. The van der Waals surface area contributed by atoms with Crippen molar-refractivity contribution in [2.24, 2.45) is 35.0 Å². The molecule has 0 heterocycles. The Morgan fingerprint density at radius 3 is 2.08 bits per heavy atom. The normalized spacial score (nSPS) is 37.1. The molecule has 140 valence electrons. The minimum Gasteiger partial charge on any atom is -0.0622 e. The average Bonchev–Trinajstić information content (AvgIpc) is 2.83. The lowest BCUT2D eigenvalue weighted by atomic mass is 9.60. The van der Waals surface area contributed by atoms with E-state index in [4.69, 9.17) is 0 Å². The number of rotatable bonds is 4. The fourth-order valence-electron chi connectivity index (χ4n) is 6.85. The maximum absolute atomic E-state index is 2.63. The van der Waals surface area contributed by atoms with Gasteiger partial charge in [-0.25, -0.2) is 0 Å². The van der Waals surface area contributed by atoms with Crippen LogP contribution in [0.15, 0.2) is 0 Å². The molecule has 0 nitrogen and oxygen atoms in total. The molecule has 0 bridgehead atoms. The third-order valence-electron chi connectivity index (χ3n) is 8.39. The van der Waals surface area contributed by atoms with Gasteiger partial charge in [0, 0.05) is 0 Å². The summed E-state index contributed by atoms with van der Waals surface area (Å²) in [6.45, 7) is 7.83. The van der Waals surface area contributed by atoms with Crippen LogP contribution < -0.4 is 0 Å². The summed E-state index contributed by atoms with van der Waals surface area (Å²) in [6, 6.07) is 0. The molecule has 3 saturated carbocycles. The summed E-state index contributed by atoms with van der Waals surface area (Å²) in [4.78, 5) is 0. The number of hydrogen-bond donors (Lipinski definition) is 0. The maximum Gasteiger partial charge on any atom is -0.0323 e. The Labute approximate surface area is 152 Å². The summed E-state index contributed by atoms with van der Waals surface area (Å²) in [7, 11) is 0.